The van der Waals surface area contributed by atoms with Gasteiger partial charge in [-0.1, -0.05) is 43.2 Å². The fourth-order valence-electron chi connectivity index (χ4n) is 4.06. The van der Waals surface area contributed by atoms with Crippen LogP contribution in [0, 0.1) is 23.1 Å². The molecule has 0 atom stereocenters. The molecule has 5 heteroatoms. The van der Waals surface area contributed by atoms with Crippen LogP contribution in [-0.2, 0) is 9.53 Å². The molecule has 1 aliphatic rings. The van der Waals surface area contributed by atoms with Crippen molar-refractivity contribution in [3.8, 4) is 11.8 Å². The number of carbonyl (C=O) groups is 2. The maximum atomic E-state index is 13.7. The van der Waals surface area contributed by atoms with E-state index < -0.39 is 0 Å². The molecular weight excluding hydrogens is 393 g/mol. The zero-order valence-electron chi connectivity index (χ0n) is 17.9. The third kappa shape index (κ3) is 6.42. The van der Waals surface area contributed by atoms with Crippen LogP contribution < -0.4 is 5.32 Å². The molecule has 0 saturated heterocycles. The van der Waals surface area contributed by atoms with Gasteiger partial charge in [0.2, 0.25) is 0 Å². The Morgan fingerprint density at radius 2 is 1.74 bits per heavy atom. The van der Waals surface area contributed by atoms with E-state index in [9.17, 15) is 14.0 Å². The molecule has 1 amide bonds. The molecule has 1 saturated carbocycles. The predicted molar refractivity (Wildman–Crippen MR) is 118 cm³/mol. The lowest BCUT2D eigenvalue weighted by molar-refractivity contribution is -0.141. The SMILES string of the molecule is COC(=O)CCC1(CNC(=O)c2ccc(C#Cc3ccccc3F)cc2)CCCCC1. The monoisotopic (exact) mass is 421 g/mol. The Morgan fingerprint density at radius 3 is 2.42 bits per heavy atom. The number of amides is 1. The van der Waals surface area contributed by atoms with Crippen LogP contribution in [0.25, 0.3) is 0 Å². The van der Waals surface area contributed by atoms with Crippen molar-refractivity contribution in [2.75, 3.05) is 13.7 Å². The number of hydrogen-bond donors (Lipinski definition) is 1. The van der Waals surface area contributed by atoms with Crippen molar-refractivity contribution in [3.05, 3.63) is 71.0 Å². The van der Waals surface area contributed by atoms with Crippen molar-refractivity contribution in [2.24, 2.45) is 5.41 Å². The zero-order chi connectivity index (χ0) is 22.1. The topological polar surface area (TPSA) is 55.4 Å². The molecule has 31 heavy (non-hydrogen) atoms. The summed E-state index contributed by atoms with van der Waals surface area (Å²) >= 11 is 0. The Morgan fingerprint density at radius 1 is 1.03 bits per heavy atom. The first kappa shape index (κ1) is 22.6. The second kappa shape index (κ2) is 10.8. The summed E-state index contributed by atoms with van der Waals surface area (Å²) in [7, 11) is 1.40. The second-order valence-corrected chi connectivity index (χ2v) is 8.13. The molecule has 1 fully saturated rings. The molecule has 0 radical (unpaired) electrons. The number of rotatable bonds is 6. The van der Waals surface area contributed by atoms with Gasteiger partial charge in [0.1, 0.15) is 5.82 Å². The van der Waals surface area contributed by atoms with Crippen molar-refractivity contribution < 1.29 is 18.7 Å². The minimum atomic E-state index is -0.352. The predicted octanol–water partition coefficient (Wildman–Crippen LogP) is 4.86. The van der Waals surface area contributed by atoms with Gasteiger partial charge in [0.15, 0.2) is 0 Å². The molecule has 1 N–H and O–H groups in total. The number of hydrogen-bond acceptors (Lipinski definition) is 3. The molecule has 0 heterocycles. The highest BCUT2D eigenvalue weighted by atomic mass is 19.1. The van der Waals surface area contributed by atoms with Crippen molar-refractivity contribution in [2.45, 2.75) is 44.9 Å². The lowest BCUT2D eigenvalue weighted by Gasteiger charge is -2.37. The van der Waals surface area contributed by atoms with Gasteiger partial charge < -0.3 is 10.1 Å². The second-order valence-electron chi connectivity index (χ2n) is 8.13. The quantitative estimate of drug-likeness (QED) is 0.535. The molecule has 0 aromatic heterocycles. The summed E-state index contributed by atoms with van der Waals surface area (Å²) in [6.45, 7) is 0.553. The largest absolute Gasteiger partial charge is 0.469 e. The highest BCUT2D eigenvalue weighted by molar-refractivity contribution is 5.94. The van der Waals surface area contributed by atoms with Gasteiger partial charge in [-0.25, -0.2) is 4.39 Å². The van der Waals surface area contributed by atoms with Crippen LogP contribution >= 0.6 is 0 Å². The van der Waals surface area contributed by atoms with Crippen LogP contribution in [0.15, 0.2) is 48.5 Å². The van der Waals surface area contributed by atoms with Gasteiger partial charge in [-0.2, -0.15) is 0 Å². The molecule has 2 aromatic rings. The molecule has 3 rings (SSSR count). The summed E-state index contributed by atoms with van der Waals surface area (Å²) in [6.07, 6.45) is 6.55. The Kier molecular flexibility index (Phi) is 7.83. The van der Waals surface area contributed by atoms with E-state index in [4.69, 9.17) is 4.74 Å². The van der Waals surface area contributed by atoms with E-state index in [-0.39, 0.29) is 23.1 Å². The third-order valence-electron chi connectivity index (χ3n) is 5.99. The number of benzene rings is 2. The Bertz CT molecular complexity index is 966. The highest BCUT2D eigenvalue weighted by Crippen LogP contribution is 2.39. The van der Waals surface area contributed by atoms with Crippen LogP contribution in [0.1, 0.15) is 66.4 Å². The summed E-state index contributed by atoms with van der Waals surface area (Å²) in [4.78, 5) is 24.3. The summed E-state index contributed by atoms with van der Waals surface area (Å²) in [5.41, 5.74) is 1.55. The smallest absolute Gasteiger partial charge is 0.305 e. The molecule has 162 valence electrons. The van der Waals surface area contributed by atoms with Gasteiger partial charge in [0, 0.05) is 24.1 Å². The van der Waals surface area contributed by atoms with Crippen molar-refractivity contribution in [1.29, 1.82) is 0 Å². The number of halogens is 1. The third-order valence-corrected chi connectivity index (χ3v) is 5.99. The van der Waals surface area contributed by atoms with Gasteiger partial charge >= 0.3 is 5.97 Å². The Labute approximate surface area is 183 Å². The standard InChI is InChI=1S/C26H28FNO3/c1-31-24(29)15-18-26(16-5-2-6-17-26)19-28-25(30)22-13-10-20(11-14-22)9-12-21-7-3-4-8-23(21)27/h3-4,7-8,10-11,13-14H,2,5-6,15-19H2,1H3,(H,28,30). The van der Waals surface area contributed by atoms with Crippen LogP contribution in [0.3, 0.4) is 0 Å². The van der Waals surface area contributed by atoms with E-state index in [1.54, 1.807) is 42.5 Å². The number of ether oxygens (including phenoxy) is 1. The average molecular weight is 422 g/mol. The maximum absolute atomic E-state index is 13.7. The first-order chi connectivity index (χ1) is 15.0. The fourth-order valence-corrected chi connectivity index (χ4v) is 4.06. The highest BCUT2D eigenvalue weighted by Gasteiger charge is 2.33. The minimum absolute atomic E-state index is 0.0483. The summed E-state index contributed by atoms with van der Waals surface area (Å²) < 4.78 is 18.5. The molecular formula is C26H28FNO3. The molecule has 4 nitrogen and oxygen atoms in total. The summed E-state index contributed by atoms with van der Waals surface area (Å²) in [5, 5.41) is 3.06. The Hall–Kier alpha value is -3.13. The molecule has 1 aliphatic carbocycles. The van der Waals surface area contributed by atoms with E-state index in [2.05, 4.69) is 17.2 Å². The van der Waals surface area contributed by atoms with Crippen LogP contribution in [-0.4, -0.2) is 25.5 Å². The molecule has 2 aromatic carbocycles. The van der Waals surface area contributed by atoms with Crippen LogP contribution in [0.4, 0.5) is 4.39 Å². The van der Waals surface area contributed by atoms with Gasteiger partial charge in [-0.05, 0) is 61.1 Å². The summed E-state index contributed by atoms with van der Waals surface area (Å²) in [6, 6.07) is 13.3. The lowest BCUT2D eigenvalue weighted by atomic mass is 9.71. The number of nitrogens with one attached hydrogen (secondary N) is 1. The van der Waals surface area contributed by atoms with Crippen molar-refractivity contribution >= 4 is 11.9 Å². The summed E-state index contributed by atoms with van der Waals surface area (Å²) in [5.74, 6) is 5.04. The van der Waals surface area contributed by atoms with E-state index in [1.807, 2.05) is 0 Å². The Balaban J connectivity index is 1.61. The van der Waals surface area contributed by atoms with Gasteiger partial charge in [0.25, 0.3) is 5.91 Å². The zero-order valence-corrected chi connectivity index (χ0v) is 17.9. The van der Waals surface area contributed by atoms with E-state index >= 15 is 0 Å². The van der Waals surface area contributed by atoms with E-state index in [1.165, 1.54) is 19.6 Å². The first-order valence-electron chi connectivity index (χ1n) is 10.7. The van der Waals surface area contributed by atoms with Crippen molar-refractivity contribution in [1.82, 2.24) is 5.32 Å². The van der Waals surface area contributed by atoms with Crippen LogP contribution in [0.5, 0.6) is 0 Å². The number of methoxy groups -OCH3 is 1. The van der Waals surface area contributed by atoms with Gasteiger partial charge in [0.05, 0.1) is 12.7 Å². The van der Waals surface area contributed by atoms with Gasteiger partial charge in [-0.15, -0.1) is 0 Å². The number of esters is 1. The number of carbonyl (C=O) groups excluding carboxylic acids is 2. The van der Waals surface area contributed by atoms with Gasteiger partial charge in [-0.3, -0.25) is 9.59 Å². The van der Waals surface area contributed by atoms with E-state index in [0.29, 0.717) is 29.7 Å². The molecule has 0 unspecified atom stereocenters. The average Bonchev–Trinajstić information content (AvgIpc) is 2.81. The molecule has 0 bridgehead atoms. The normalized spacial score (nSPS) is 14.8. The lowest BCUT2D eigenvalue weighted by Crippen LogP contribution is -2.39. The minimum Gasteiger partial charge on any atom is -0.469 e. The first-order valence-corrected chi connectivity index (χ1v) is 10.7. The maximum Gasteiger partial charge on any atom is 0.305 e. The molecule has 0 spiro atoms. The van der Waals surface area contributed by atoms with E-state index in [0.717, 1.165) is 32.1 Å². The fraction of sp³-hybridized carbons (Fsp3) is 0.385. The molecule has 0 aliphatic heterocycles. The van der Waals surface area contributed by atoms with Crippen molar-refractivity contribution in [3.63, 3.8) is 0 Å². The van der Waals surface area contributed by atoms with Crippen LogP contribution in [0.2, 0.25) is 0 Å².